The van der Waals surface area contributed by atoms with Gasteiger partial charge in [0, 0.05) is 19.4 Å². The van der Waals surface area contributed by atoms with Crippen LogP contribution in [0.2, 0.25) is 0 Å². The second-order valence-corrected chi connectivity index (χ2v) is 18.7. The normalized spacial score (nSPS) is 13.9. The van der Waals surface area contributed by atoms with Crippen LogP contribution in [0.25, 0.3) is 0 Å². The fourth-order valence-corrected chi connectivity index (χ4v) is 7.15. The summed E-state index contributed by atoms with van der Waals surface area (Å²) in [6.45, 7) is 8.76. The lowest BCUT2D eigenvalue weighted by Crippen LogP contribution is -2.37. The van der Waals surface area contributed by atoms with Gasteiger partial charge in [-0.3, -0.25) is 23.4 Å². The molecular formula is C45H82N2O9P+. The number of nitrogens with zero attached hydrogens (tertiary/aromatic N) is 1. The number of amides is 1. The minimum Gasteiger partial charge on any atom is -0.462 e. The summed E-state index contributed by atoms with van der Waals surface area (Å²) in [4.78, 5) is 48.2. The molecule has 0 heterocycles. The third-order valence-electron chi connectivity index (χ3n) is 10.0. The van der Waals surface area contributed by atoms with Crippen LogP contribution in [-0.4, -0.2) is 87.4 Å². The van der Waals surface area contributed by atoms with Gasteiger partial charge in [0.05, 0.1) is 33.7 Å². The molecule has 2 N–H and O–H groups in total. The highest BCUT2D eigenvalue weighted by molar-refractivity contribution is 7.47. The third-order valence-corrected chi connectivity index (χ3v) is 11.0. The van der Waals surface area contributed by atoms with Gasteiger partial charge in [-0.05, 0) is 49.7 Å². The summed E-state index contributed by atoms with van der Waals surface area (Å²) >= 11 is 0. The number of phosphoric acid groups is 1. The molecular weight excluding hydrogens is 743 g/mol. The quantitative estimate of drug-likeness (QED) is 0.0293. The van der Waals surface area contributed by atoms with Crippen LogP contribution >= 0.6 is 7.82 Å². The largest absolute Gasteiger partial charge is 0.472 e. The van der Waals surface area contributed by atoms with E-state index < -0.39 is 32.5 Å². The van der Waals surface area contributed by atoms with Gasteiger partial charge < -0.3 is 24.2 Å². The first kappa shape index (κ1) is 52.7. The molecule has 0 aliphatic rings. The van der Waals surface area contributed by atoms with E-state index in [1.165, 1.54) is 82.6 Å². The third kappa shape index (κ3) is 30.4. The number of rotatable bonds is 36. The summed E-state index contributed by atoms with van der Waals surface area (Å²) in [5.74, 6) is -0.657. The van der Waals surface area contributed by atoms with Crippen LogP contribution in [0.1, 0.15) is 173 Å². The summed E-state index contributed by atoms with van der Waals surface area (Å²) in [6.07, 6.45) is 20.8. The van der Waals surface area contributed by atoms with Crippen molar-refractivity contribution in [2.45, 2.75) is 175 Å². The molecule has 1 aromatic rings. The summed E-state index contributed by atoms with van der Waals surface area (Å²) in [6, 6.07) is 8.22. The standard InChI is InChI=1S/C45H81N2O9P/c1-8-9-10-11-12-13-14-15-16-17-18-19-20-21-23-26-43(48)53-36-42(37-55-57(51,52)54-34-33-47(5,6)7)56-44(49)27-24-22-25-32-46-45(50)39(4)41-30-28-40(29-31-41)35-38(2)3/h28-31,38-39,42H,8-27,32-37H2,1-7H3,(H-,46,50,51,52)/p+1/t39?,42-/m1/s1. The highest BCUT2D eigenvalue weighted by Crippen LogP contribution is 2.43. The van der Waals surface area contributed by atoms with Crippen LogP contribution in [0.4, 0.5) is 0 Å². The predicted octanol–water partition coefficient (Wildman–Crippen LogP) is 10.2. The Morgan fingerprint density at radius 1 is 0.702 bits per heavy atom. The molecule has 3 atom stereocenters. The molecule has 2 unspecified atom stereocenters. The molecule has 0 radical (unpaired) electrons. The molecule has 0 bridgehead atoms. The molecule has 1 aromatic carbocycles. The van der Waals surface area contributed by atoms with Crippen LogP contribution in [0.5, 0.6) is 0 Å². The molecule has 0 aromatic heterocycles. The fourth-order valence-electron chi connectivity index (χ4n) is 6.41. The minimum absolute atomic E-state index is 0.000869. The number of carbonyl (C=O) groups is 3. The lowest BCUT2D eigenvalue weighted by atomic mass is 9.96. The fraction of sp³-hybridized carbons (Fsp3) is 0.800. The van der Waals surface area contributed by atoms with Crippen LogP contribution in [-0.2, 0) is 43.9 Å². The van der Waals surface area contributed by atoms with E-state index in [0.717, 1.165) is 24.8 Å². The number of ether oxygens (including phenoxy) is 2. The topological polar surface area (TPSA) is 137 Å². The molecule has 1 rings (SSSR count). The van der Waals surface area contributed by atoms with Crippen molar-refractivity contribution in [3.8, 4) is 0 Å². The van der Waals surface area contributed by atoms with Crippen molar-refractivity contribution in [2.75, 3.05) is 54.1 Å². The zero-order chi connectivity index (χ0) is 42.4. The van der Waals surface area contributed by atoms with Crippen LogP contribution < -0.4 is 5.32 Å². The molecule has 11 nitrogen and oxygen atoms in total. The number of nitrogens with one attached hydrogen (secondary N) is 1. The zero-order valence-electron chi connectivity index (χ0n) is 37.0. The number of hydrogen-bond acceptors (Lipinski definition) is 8. The second-order valence-electron chi connectivity index (χ2n) is 17.3. The average Bonchev–Trinajstić information content (AvgIpc) is 3.14. The molecule has 330 valence electrons. The Hall–Kier alpha value is -2.30. The van der Waals surface area contributed by atoms with Gasteiger partial charge in [-0.1, -0.05) is 141 Å². The predicted molar refractivity (Wildman–Crippen MR) is 230 cm³/mol. The summed E-state index contributed by atoms with van der Waals surface area (Å²) < 4.78 is 34.3. The number of likely N-dealkylation sites (N-methyl/N-ethyl adjacent to an activating group) is 1. The van der Waals surface area contributed by atoms with Gasteiger partial charge in [0.15, 0.2) is 6.10 Å². The Kier molecular flexibility index (Phi) is 29.2. The maximum Gasteiger partial charge on any atom is 0.472 e. The van der Waals surface area contributed by atoms with Crippen LogP contribution in [0.3, 0.4) is 0 Å². The van der Waals surface area contributed by atoms with Crippen LogP contribution in [0.15, 0.2) is 24.3 Å². The van der Waals surface area contributed by atoms with E-state index in [4.69, 9.17) is 18.5 Å². The van der Waals surface area contributed by atoms with Crippen molar-refractivity contribution < 1.29 is 46.8 Å². The van der Waals surface area contributed by atoms with Gasteiger partial charge in [0.25, 0.3) is 0 Å². The number of benzene rings is 1. The Balaban J connectivity index is 2.40. The van der Waals surface area contributed by atoms with Gasteiger partial charge in [0.1, 0.15) is 19.8 Å². The lowest BCUT2D eigenvalue weighted by molar-refractivity contribution is -0.870. The van der Waals surface area contributed by atoms with Gasteiger partial charge in [-0.25, -0.2) is 4.57 Å². The van der Waals surface area contributed by atoms with E-state index in [0.29, 0.717) is 49.2 Å². The van der Waals surface area contributed by atoms with Crippen molar-refractivity contribution >= 4 is 25.7 Å². The van der Waals surface area contributed by atoms with Gasteiger partial charge in [-0.15, -0.1) is 0 Å². The molecule has 57 heavy (non-hydrogen) atoms. The van der Waals surface area contributed by atoms with E-state index in [9.17, 15) is 23.8 Å². The molecule has 0 aliphatic heterocycles. The van der Waals surface area contributed by atoms with Crippen molar-refractivity contribution in [3.05, 3.63) is 35.4 Å². The number of quaternary nitrogens is 1. The monoisotopic (exact) mass is 826 g/mol. The molecule has 0 aliphatic carbocycles. The maximum absolute atomic E-state index is 12.8. The van der Waals surface area contributed by atoms with Crippen molar-refractivity contribution in [1.82, 2.24) is 5.32 Å². The van der Waals surface area contributed by atoms with E-state index in [2.05, 4.69) is 38.2 Å². The first-order valence-corrected chi connectivity index (χ1v) is 23.8. The minimum atomic E-state index is -4.42. The number of carbonyl (C=O) groups excluding carboxylic acids is 3. The van der Waals surface area contributed by atoms with Gasteiger partial charge >= 0.3 is 19.8 Å². The molecule has 0 saturated carbocycles. The smallest absolute Gasteiger partial charge is 0.462 e. The number of esters is 2. The number of unbranched alkanes of at least 4 members (excludes halogenated alkanes) is 16. The molecule has 12 heteroatoms. The maximum atomic E-state index is 12.8. The summed E-state index contributed by atoms with van der Waals surface area (Å²) in [7, 11) is 1.37. The zero-order valence-corrected chi connectivity index (χ0v) is 37.9. The van der Waals surface area contributed by atoms with E-state index in [1.54, 1.807) is 0 Å². The highest BCUT2D eigenvalue weighted by atomic mass is 31.2. The molecule has 1 amide bonds. The van der Waals surface area contributed by atoms with E-state index in [1.807, 2.05) is 40.2 Å². The van der Waals surface area contributed by atoms with Gasteiger partial charge in [-0.2, -0.15) is 0 Å². The summed E-state index contributed by atoms with van der Waals surface area (Å²) in [5.41, 5.74) is 2.24. The Bertz CT molecular complexity index is 1250. The Morgan fingerprint density at radius 3 is 1.74 bits per heavy atom. The van der Waals surface area contributed by atoms with Crippen molar-refractivity contribution in [1.29, 1.82) is 0 Å². The van der Waals surface area contributed by atoms with Crippen LogP contribution in [0, 0.1) is 5.92 Å². The van der Waals surface area contributed by atoms with E-state index in [-0.39, 0.29) is 37.9 Å². The molecule has 0 saturated heterocycles. The lowest BCUT2D eigenvalue weighted by Gasteiger charge is -2.24. The van der Waals surface area contributed by atoms with Crippen molar-refractivity contribution in [2.24, 2.45) is 5.92 Å². The highest BCUT2D eigenvalue weighted by Gasteiger charge is 2.27. The van der Waals surface area contributed by atoms with E-state index >= 15 is 0 Å². The first-order chi connectivity index (χ1) is 27.1. The Labute approximate surface area is 346 Å². The molecule has 0 fully saturated rings. The van der Waals surface area contributed by atoms with Crippen molar-refractivity contribution in [3.63, 3.8) is 0 Å². The Morgan fingerprint density at radius 2 is 1.21 bits per heavy atom. The summed E-state index contributed by atoms with van der Waals surface area (Å²) in [5, 5.41) is 2.99. The SMILES string of the molecule is CCCCCCCCCCCCCCCCCC(=O)OC[C@H](COP(=O)(O)OCC[N+](C)(C)C)OC(=O)CCCCCNC(=O)C(C)c1ccc(CC(C)C)cc1. The molecule has 0 spiro atoms. The number of phosphoric ester groups is 1. The second kappa shape index (κ2) is 31.6. The van der Waals surface area contributed by atoms with Gasteiger partial charge in [0.2, 0.25) is 5.91 Å². The number of hydrogen-bond donors (Lipinski definition) is 2. The average molecular weight is 826 g/mol. The first-order valence-electron chi connectivity index (χ1n) is 22.3.